The second-order valence-corrected chi connectivity index (χ2v) is 5.64. The summed E-state index contributed by atoms with van der Waals surface area (Å²) in [5.41, 5.74) is 2.99. The highest BCUT2D eigenvalue weighted by atomic mass is 32.1. The Hall–Kier alpha value is -2.73. The molecule has 3 aromatic rings. The van der Waals surface area contributed by atoms with Crippen LogP contribution in [0, 0.1) is 11.7 Å². The van der Waals surface area contributed by atoms with Crippen LogP contribution in [0.4, 0.5) is 0 Å². The van der Waals surface area contributed by atoms with E-state index in [9.17, 15) is 0 Å². The van der Waals surface area contributed by atoms with Crippen molar-refractivity contribution in [2.24, 2.45) is 5.10 Å². The highest BCUT2D eigenvalue weighted by Gasteiger charge is 2.08. The van der Waals surface area contributed by atoms with Crippen molar-refractivity contribution < 1.29 is 4.74 Å². The van der Waals surface area contributed by atoms with E-state index in [1.165, 1.54) is 0 Å². The van der Waals surface area contributed by atoms with Gasteiger partial charge in [0.2, 0.25) is 4.77 Å². The molecular weight excluding hydrogens is 320 g/mol. The number of aromatic nitrogens is 3. The lowest BCUT2D eigenvalue weighted by Crippen LogP contribution is -1.98. The number of hydrogen-bond acceptors (Lipinski definition) is 4. The van der Waals surface area contributed by atoms with Crippen LogP contribution in [-0.2, 0) is 0 Å². The van der Waals surface area contributed by atoms with E-state index < -0.39 is 0 Å². The Labute approximate surface area is 145 Å². The second kappa shape index (κ2) is 7.23. The number of nitrogens with one attached hydrogen (secondary N) is 1. The lowest BCUT2D eigenvalue weighted by molar-refractivity contribution is 0.340. The number of aromatic amines is 1. The van der Waals surface area contributed by atoms with Gasteiger partial charge >= 0.3 is 0 Å². The molecule has 0 radical (unpaired) electrons. The first-order valence-electron chi connectivity index (χ1n) is 7.69. The average Bonchev–Trinajstić information content (AvgIpc) is 2.95. The minimum Gasteiger partial charge on any atom is -0.493 e. The molecule has 3 rings (SSSR count). The zero-order valence-corrected chi connectivity index (χ0v) is 14.4. The summed E-state index contributed by atoms with van der Waals surface area (Å²) in [5, 5.41) is 11.6. The van der Waals surface area contributed by atoms with Crippen molar-refractivity contribution >= 4 is 18.4 Å². The van der Waals surface area contributed by atoms with E-state index in [0.29, 0.717) is 17.2 Å². The molecule has 1 N–H and O–H groups in total. The summed E-state index contributed by atoms with van der Waals surface area (Å²) in [5.74, 6) is 1.46. The fourth-order valence-corrected chi connectivity index (χ4v) is 2.54. The van der Waals surface area contributed by atoms with E-state index in [1.807, 2.05) is 62.4 Å². The normalized spacial score (nSPS) is 11.1. The predicted molar refractivity (Wildman–Crippen MR) is 98.2 cm³/mol. The van der Waals surface area contributed by atoms with E-state index in [2.05, 4.69) is 15.3 Å². The summed E-state index contributed by atoms with van der Waals surface area (Å²) < 4.78 is 7.68. The summed E-state index contributed by atoms with van der Waals surface area (Å²) >= 11 is 5.31. The van der Waals surface area contributed by atoms with Crippen LogP contribution in [0.15, 0.2) is 53.6 Å². The molecule has 0 amide bonds. The molecule has 24 heavy (non-hydrogen) atoms. The standard InChI is InChI=1S/C18H18N4OS/c1-3-23-16-10-5-4-8-15(16)12-19-22-17(20-21-18(22)24)14-9-6-7-13(2)11-14/h4-12H,3H2,1-2H3,(H,21,24)/b19-12-. The van der Waals surface area contributed by atoms with Gasteiger partial charge in [-0.1, -0.05) is 35.9 Å². The topological polar surface area (TPSA) is 55.2 Å². The quantitative estimate of drug-likeness (QED) is 0.560. The SMILES string of the molecule is CCOc1ccccc1/C=N\n1c(-c2cccc(C)c2)n[nH]c1=S. The number of nitrogens with zero attached hydrogens (tertiary/aromatic N) is 3. The van der Waals surface area contributed by atoms with E-state index in [4.69, 9.17) is 17.0 Å². The summed E-state index contributed by atoms with van der Waals surface area (Å²) in [7, 11) is 0. The van der Waals surface area contributed by atoms with Crippen molar-refractivity contribution in [1.82, 2.24) is 14.9 Å². The number of rotatable bonds is 5. The third-order valence-corrected chi connectivity index (χ3v) is 3.72. The van der Waals surface area contributed by atoms with Gasteiger partial charge in [-0.15, -0.1) is 0 Å². The molecule has 0 aliphatic heterocycles. The van der Waals surface area contributed by atoms with Crippen molar-refractivity contribution in [3.8, 4) is 17.1 Å². The molecule has 5 nitrogen and oxygen atoms in total. The van der Waals surface area contributed by atoms with Gasteiger partial charge in [0.25, 0.3) is 0 Å². The van der Waals surface area contributed by atoms with E-state index in [1.54, 1.807) is 10.9 Å². The Balaban J connectivity index is 2.00. The highest BCUT2D eigenvalue weighted by molar-refractivity contribution is 7.71. The Morgan fingerprint density at radius 2 is 2.08 bits per heavy atom. The van der Waals surface area contributed by atoms with Crippen LogP contribution in [0.1, 0.15) is 18.1 Å². The molecule has 0 aliphatic rings. The van der Waals surface area contributed by atoms with Crippen LogP contribution in [-0.4, -0.2) is 27.7 Å². The van der Waals surface area contributed by atoms with Gasteiger partial charge in [0.1, 0.15) is 5.75 Å². The number of ether oxygens (including phenoxy) is 1. The summed E-state index contributed by atoms with van der Waals surface area (Å²) in [6.07, 6.45) is 1.73. The Morgan fingerprint density at radius 1 is 1.25 bits per heavy atom. The molecule has 1 heterocycles. The van der Waals surface area contributed by atoms with Gasteiger partial charge in [-0.3, -0.25) is 0 Å². The minimum atomic E-state index is 0.441. The maximum Gasteiger partial charge on any atom is 0.216 e. The van der Waals surface area contributed by atoms with Crippen molar-refractivity contribution in [3.05, 3.63) is 64.4 Å². The fraction of sp³-hybridized carbons (Fsp3) is 0.167. The maximum atomic E-state index is 5.62. The van der Waals surface area contributed by atoms with Crippen LogP contribution in [0.25, 0.3) is 11.4 Å². The fourth-order valence-electron chi connectivity index (χ4n) is 2.36. The molecule has 0 spiro atoms. The number of para-hydroxylation sites is 1. The van der Waals surface area contributed by atoms with Crippen molar-refractivity contribution in [2.75, 3.05) is 6.61 Å². The Morgan fingerprint density at radius 3 is 2.88 bits per heavy atom. The van der Waals surface area contributed by atoms with E-state index in [0.717, 1.165) is 22.4 Å². The molecule has 0 saturated heterocycles. The smallest absolute Gasteiger partial charge is 0.216 e. The number of aryl methyl sites for hydroxylation is 1. The van der Waals surface area contributed by atoms with Gasteiger partial charge in [0, 0.05) is 11.1 Å². The van der Waals surface area contributed by atoms with Gasteiger partial charge in [0.15, 0.2) is 5.82 Å². The number of hydrogen-bond donors (Lipinski definition) is 1. The van der Waals surface area contributed by atoms with Gasteiger partial charge < -0.3 is 4.74 Å². The molecule has 0 aliphatic carbocycles. The summed E-state index contributed by atoms with van der Waals surface area (Å²) in [6.45, 7) is 4.59. The summed E-state index contributed by atoms with van der Waals surface area (Å²) in [4.78, 5) is 0. The maximum absolute atomic E-state index is 5.62. The highest BCUT2D eigenvalue weighted by Crippen LogP contribution is 2.19. The van der Waals surface area contributed by atoms with Crippen LogP contribution in [0.5, 0.6) is 5.75 Å². The first kappa shape index (κ1) is 16.1. The molecule has 0 unspecified atom stereocenters. The molecule has 0 fully saturated rings. The van der Waals surface area contributed by atoms with Gasteiger partial charge in [-0.25, -0.2) is 5.10 Å². The van der Waals surface area contributed by atoms with Gasteiger partial charge in [0.05, 0.1) is 12.8 Å². The first-order valence-corrected chi connectivity index (χ1v) is 8.10. The van der Waals surface area contributed by atoms with Crippen molar-refractivity contribution in [2.45, 2.75) is 13.8 Å². The van der Waals surface area contributed by atoms with Crippen LogP contribution in [0.2, 0.25) is 0 Å². The van der Waals surface area contributed by atoms with E-state index in [-0.39, 0.29) is 0 Å². The van der Waals surface area contributed by atoms with Crippen LogP contribution in [0.3, 0.4) is 0 Å². The zero-order valence-electron chi connectivity index (χ0n) is 13.6. The van der Waals surface area contributed by atoms with E-state index >= 15 is 0 Å². The van der Waals surface area contributed by atoms with Gasteiger partial charge in [-0.05, 0) is 44.3 Å². The van der Waals surface area contributed by atoms with Crippen molar-refractivity contribution in [3.63, 3.8) is 0 Å². The molecule has 2 aromatic carbocycles. The average molecular weight is 338 g/mol. The number of H-pyrrole nitrogens is 1. The van der Waals surface area contributed by atoms with Crippen LogP contribution >= 0.6 is 12.2 Å². The lowest BCUT2D eigenvalue weighted by Gasteiger charge is -2.06. The molecule has 0 bridgehead atoms. The molecule has 0 atom stereocenters. The van der Waals surface area contributed by atoms with Gasteiger partial charge in [-0.2, -0.15) is 14.9 Å². The summed E-state index contributed by atoms with van der Waals surface area (Å²) in [6, 6.07) is 15.8. The van der Waals surface area contributed by atoms with Crippen molar-refractivity contribution in [1.29, 1.82) is 0 Å². The molecular formula is C18H18N4OS. The molecule has 1 aromatic heterocycles. The molecule has 122 valence electrons. The minimum absolute atomic E-state index is 0.441. The third-order valence-electron chi connectivity index (χ3n) is 3.46. The zero-order chi connectivity index (χ0) is 16.9. The Bertz CT molecular complexity index is 927. The largest absolute Gasteiger partial charge is 0.493 e. The monoisotopic (exact) mass is 338 g/mol. The third kappa shape index (κ3) is 3.44. The molecule has 6 heteroatoms. The Kier molecular flexibility index (Phi) is 4.86. The lowest BCUT2D eigenvalue weighted by atomic mass is 10.1. The van der Waals surface area contributed by atoms with Crippen LogP contribution < -0.4 is 4.74 Å². The molecule has 0 saturated carbocycles. The number of benzene rings is 2. The predicted octanol–water partition coefficient (Wildman–Crippen LogP) is 4.20. The second-order valence-electron chi connectivity index (χ2n) is 5.25. The first-order chi connectivity index (χ1) is 11.7.